The van der Waals surface area contributed by atoms with Crippen LogP contribution in [0.4, 0.5) is 0 Å². The van der Waals surface area contributed by atoms with Crippen LogP contribution in [0.2, 0.25) is 0 Å². The van der Waals surface area contributed by atoms with Gasteiger partial charge in [-0.05, 0) is 25.7 Å². The number of rotatable bonds is 5. The topological polar surface area (TPSA) is 38.1 Å². The van der Waals surface area contributed by atoms with Gasteiger partial charge < -0.3 is 4.90 Å². The van der Waals surface area contributed by atoms with Crippen LogP contribution in [-0.2, 0) is 6.54 Å². The molecule has 3 rings (SSSR count). The van der Waals surface area contributed by atoms with Crippen molar-refractivity contribution in [2.24, 2.45) is 0 Å². The molecule has 3 aromatic rings. The molecule has 0 aliphatic heterocycles. The summed E-state index contributed by atoms with van der Waals surface area (Å²) >= 11 is 0. The lowest BCUT2D eigenvalue weighted by molar-refractivity contribution is 0.368. The van der Waals surface area contributed by atoms with Gasteiger partial charge in [0, 0.05) is 12.1 Å². The molecule has 0 saturated heterocycles. The highest BCUT2D eigenvalue weighted by atomic mass is 16.1. The van der Waals surface area contributed by atoms with E-state index in [-0.39, 0.29) is 5.56 Å². The molecule has 1 heterocycles. The van der Waals surface area contributed by atoms with Gasteiger partial charge in [-0.1, -0.05) is 60.7 Å². The molecule has 4 nitrogen and oxygen atoms in total. The zero-order chi connectivity index (χ0) is 16.9. The first-order valence-corrected chi connectivity index (χ1v) is 8.03. The highest BCUT2D eigenvalue weighted by molar-refractivity contribution is 5.69. The van der Waals surface area contributed by atoms with E-state index in [0.717, 1.165) is 23.4 Å². The molecule has 0 saturated carbocycles. The van der Waals surface area contributed by atoms with E-state index in [1.807, 2.05) is 85.7 Å². The second-order valence-corrected chi connectivity index (χ2v) is 6.01. The Morgan fingerprint density at radius 2 is 1.50 bits per heavy atom. The maximum atomic E-state index is 12.8. The number of nitrogens with zero attached hydrogens (tertiary/aromatic N) is 3. The summed E-state index contributed by atoms with van der Waals surface area (Å²) in [6, 6.07) is 21.6. The van der Waals surface area contributed by atoms with E-state index in [2.05, 4.69) is 5.10 Å². The van der Waals surface area contributed by atoms with Gasteiger partial charge in [0.1, 0.15) is 0 Å². The van der Waals surface area contributed by atoms with Crippen molar-refractivity contribution in [2.75, 3.05) is 20.6 Å². The van der Waals surface area contributed by atoms with Crippen LogP contribution >= 0.6 is 0 Å². The van der Waals surface area contributed by atoms with Crippen molar-refractivity contribution in [3.63, 3.8) is 0 Å². The fourth-order valence-corrected chi connectivity index (χ4v) is 2.56. The molecule has 0 N–H and O–H groups in total. The largest absolute Gasteiger partial charge is 0.308 e. The molecule has 122 valence electrons. The predicted octanol–water partition coefficient (Wildman–Crippen LogP) is 3.14. The minimum absolute atomic E-state index is 0.0530. The zero-order valence-corrected chi connectivity index (χ0v) is 14.0. The van der Waals surface area contributed by atoms with E-state index in [4.69, 9.17) is 0 Å². The van der Waals surface area contributed by atoms with Crippen LogP contribution in [0.25, 0.3) is 22.4 Å². The number of hydrogen-bond donors (Lipinski definition) is 0. The third-order valence-electron chi connectivity index (χ3n) is 3.89. The highest BCUT2D eigenvalue weighted by Gasteiger charge is 2.11. The van der Waals surface area contributed by atoms with Crippen LogP contribution < -0.4 is 5.56 Å². The smallest absolute Gasteiger partial charge is 0.274 e. The summed E-state index contributed by atoms with van der Waals surface area (Å²) in [5.74, 6) is 0. The van der Waals surface area contributed by atoms with E-state index >= 15 is 0 Å². The van der Waals surface area contributed by atoms with E-state index in [1.165, 1.54) is 0 Å². The Balaban J connectivity index is 2.14. The SMILES string of the molecule is CN(C)CCn1nc(-c2ccccc2)cc(-c2ccccc2)c1=O. The molecule has 0 unspecified atom stereocenters. The molecule has 0 spiro atoms. The molecule has 0 bridgehead atoms. The van der Waals surface area contributed by atoms with Crippen LogP contribution in [-0.4, -0.2) is 35.3 Å². The third kappa shape index (κ3) is 3.60. The van der Waals surface area contributed by atoms with E-state index < -0.39 is 0 Å². The van der Waals surface area contributed by atoms with Crippen molar-refractivity contribution in [2.45, 2.75) is 6.54 Å². The highest BCUT2D eigenvalue weighted by Crippen LogP contribution is 2.21. The third-order valence-corrected chi connectivity index (χ3v) is 3.89. The Hall–Kier alpha value is -2.72. The Morgan fingerprint density at radius 3 is 2.08 bits per heavy atom. The molecule has 2 aromatic carbocycles. The van der Waals surface area contributed by atoms with Gasteiger partial charge >= 0.3 is 0 Å². The lowest BCUT2D eigenvalue weighted by Crippen LogP contribution is -2.29. The van der Waals surface area contributed by atoms with Gasteiger partial charge in [-0.25, -0.2) is 4.68 Å². The second-order valence-electron chi connectivity index (χ2n) is 6.01. The van der Waals surface area contributed by atoms with Crippen molar-refractivity contribution in [1.29, 1.82) is 0 Å². The summed E-state index contributed by atoms with van der Waals surface area (Å²) in [4.78, 5) is 14.9. The van der Waals surface area contributed by atoms with Crippen LogP contribution in [0.15, 0.2) is 71.5 Å². The lowest BCUT2D eigenvalue weighted by atomic mass is 10.0. The predicted molar refractivity (Wildman–Crippen MR) is 97.9 cm³/mol. The maximum Gasteiger partial charge on any atom is 0.274 e. The molecule has 4 heteroatoms. The quantitative estimate of drug-likeness (QED) is 0.725. The first kappa shape index (κ1) is 16.1. The van der Waals surface area contributed by atoms with Crippen LogP contribution in [0.3, 0.4) is 0 Å². The first-order chi connectivity index (χ1) is 11.6. The van der Waals surface area contributed by atoms with Crippen molar-refractivity contribution < 1.29 is 0 Å². The molecule has 0 fully saturated rings. The summed E-state index contributed by atoms with van der Waals surface area (Å²) in [5, 5.41) is 4.58. The second kappa shape index (κ2) is 7.23. The Kier molecular flexibility index (Phi) is 4.87. The number of aromatic nitrogens is 2. The van der Waals surface area contributed by atoms with Crippen LogP contribution in [0.1, 0.15) is 0 Å². The van der Waals surface area contributed by atoms with Gasteiger partial charge in [-0.2, -0.15) is 5.10 Å². The van der Waals surface area contributed by atoms with Gasteiger partial charge in [0.05, 0.1) is 17.8 Å². The average Bonchev–Trinajstić information content (AvgIpc) is 2.62. The van der Waals surface area contributed by atoms with Crippen molar-refractivity contribution in [1.82, 2.24) is 14.7 Å². The molecule has 1 aromatic heterocycles. The van der Waals surface area contributed by atoms with Crippen molar-refractivity contribution >= 4 is 0 Å². The molecule has 0 radical (unpaired) electrons. The fraction of sp³-hybridized carbons (Fsp3) is 0.200. The standard InChI is InChI=1S/C20H21N3O/c1-22(2)13-14-23-20(24)18(16-9-5-3-6-10-16)15-19(21-23)17-11-7-4-8-12-17/h3-12,15H,13-14H2,1-2H3. The minimum atomic E-state index is -0.0530. The van der Waals surface area contributed by atoms with E-state index in [0.29, 0.717) is 12.1 Å². The summed E-state index contributed by atoms with van der Waals surface area (Å²) in [7, 11) is 3.98. The van der Waals surface area contributed by atoms with Gasteiger partial charge in [0.2, 0.25) is 0 Å². The first-order valence-electron chi connectivity index (χ1n) is 8.03. The monoisotopic (exact) mass is 319 g/mol. The van der Waals surface area contributed by atoms with Gasteiger partial charge in [-0.3, -0.25) is 4.79 Å². The van der Waals surface area contributed by atoms with Gasteiger partial charge in [0.15, 0.2) is 0 Å². The Morgan fingerprint density at radius 1 is 0.917 bits per heavy atom. The summed E-state index contributed by atoms with van der Waals surface area (Å²) < 4.78 is 1.57. The summed E-state index contributed by atoms with van der Waals surface area (Å²) in [6.45, 7) is 1.33. The Bertz CT molecular complexity index is 855. The van der Waals surface area contributed by atoms with E-state index in [1.54, 1.807) is 4.68 Å². The van der Waals surface area contributed by atoms with Gasteiger partial charge in [-0.15, -0.1) is 0 Å². The fourth-order valence-electron chi connectivity index (χ4n) is 2.56. The maximum absolute atomic E-state index is 12.8. The molecule has 0 atom stereocenters. The van der Waals surface area contributed by atoms with Crippen LogP contribution in [0, 0.1) is 0 Å². The zero-order valence-electron chi connectivity index (χ0n) is 14.0. The average molecular weight is 319 g/mol. The lowest BCUT2D eigenvalue weighted by Gasteiger charge is -2.13. The van der Waals surface area contributed by atoms with Crippen molar-refractivity contribution in [3.8, 4) is 22.4 Å². The molecule has 0 aliphatic rings. The van der Waals surface area contributed by atoms with Crippen LogP contribution in [0.5, 0.6) is 0 Å². The van der Waals surface area contributed by atoms with Crippen molar-refractivity contribution in [3.05, 3.63) is 77.1 Å². The number of hydrogen-bond acceptors (Lipinski definition) is 3. The molecule has 0 aliphatic carbocycles. The number of likely N-dealkylation sites (N-methyl/N-ethyl adjacent to an activating group) is 1. The molecule has 24 heavy (non-hydrogen) atoms. The normalized spacial score (nSPS) is 11.0. The molecular formula is C20H21N3O. The molecule has 0 amide bonds. The summed E-state index contributed by atoms with van der Waals surface area (Å²) in [5.41, 5.74) is 3.37. The molecular weight excluding hydrogens is 298 g/mol. The number of benzene rings is 2. The summed E-state index contributed by atoms with van der Waals surface area (Å²) in [6.07, 6.45) is 0. The van der Waals surface area contributed by atoms with E-state index in [9.17, 15) is 4.79 Å². The van der Waals surface area contributed by atoms with Gasteiger partial charge in [0.25, 0.3) is 5.56 Å². The minimum Gasteiger partial charge on any atom is -0.308 e. The Labute approximate surface area is 142 Å².